The first-order valence-electron chi connectivity index (χ1n) is 8.91. The minimum Gasteiger partial charge on any atom is -0.329 e. The van der Waals surface area contributed by atoms with Gasteiger partial charge in [0.25, 0.3) is 5.91 Å². The summed E-state index contributed by atoms with van der Waals surface area (Å²) in [6, 6.07) is 9.19. The number of amides is 1. The molecule has 1 atom stereocenters. The highest BCUT2D eigenvalue weighted by molar-refractivity contribution is 7.93. The Bertz CT molecular complexity index is 1440. The SMILES string of the molecule is CS(=O)(=NC(=O)Cc1cn2cc(-c3noc(C(F)(F)F)n3)ccc2n1)c1ccc(Cl)cc1. The minimum absolute atomic E-state index is 0.212. The largest absolute Gasteiger partial charge is 0.471 e. The molecule has 13 heteroatoms. The molecule has 0 aliphatic rings. The summed E-state index contributed by atoms with van der Waals surface area (Å²) < 4.78 is 60.3. The maximum absolute atomic E-state index is 12.8. The van der Waals surface area contributed by atoms with Crippen LogP contribution in [0.3, 0.4) is 0 Å². The molecule has 0 aliphatic heterocycles. The van der Waals surface area contributed by atoms with E-state index in [0.29, 0.717) is 21.3 Å². The van der Waals surface area contributed by atoms with Crippen LogP contribution in [-0.4, -0.2) is 35.9 Å². The zero-order valence-electron chi connectivity index (χ0n) is 16.2. The molecule has 8 nitrogen and oxygen atoms in total. The monoisotopic (exact) mass is 483 g/mol. The summed E-state index contributed by atoms with van der Waals surface area (Å²) in [5.74, 6) is -2.33. The van der Waals surface area contributed by atoms with Gasteiger partial charge in [-0.2, -0.15) is 22.5 Å². The van der Waals surface area contributed by atoms with E-state index in [1.165, 1.54) is 47.3 Å². The lowest BCUT2D eigenvalue weighted by Crippen LogP contribution is -2.06. The van der Waals surface area contributed by atoms with E-state index in [-0.39, 0.29) is 17.8 Å². The third-order valence-electron chi connectivity index (χ3n) is 4.29. The molecule has 0 aliphatic carbocycles. The predicted molar refractivity (Wildman–Crippen MR) is 108 cm³/mol. The lowest BCUT2D eigenvalue weighted by atomic mass is 10.3. The number of rotatable bonds is 4. The molecule has 4 rings (SSSR count). The lowest BCUT2D eigenvalue weighted by Gasteiger charge is -2.03. The van der Waals surface area contributed by atoms with E-state index >= 15 is 0 Å². The number of aromatic nitrogens is 4. The van der Waals surface area contributed by atoms with Crippen LogP contribution in [0.15, 0.2) is 62.6 Å². The fraction of sp³-hybridized carbons (Fsp3) is 0.158. The maximum atomic E-state index is 12.8. The molecule has 1 unspecified atom stereocenters. The summed E-state index contributed by atoms with van der Waals surface area (Å²) in [7, 11) is -2.97. The number of imidazole rings is 1. The van der Waals surface area contributed by atoms with Gasteiger partial charge < -0.3 is 8.92 Å². The summed E-state index contributed by atoms with van der Waals surface area (Å²) in [6.07, 6.45) is -0.641. The van der Waals surface area contributed by atoms with Gasteiger partial charge in [-0.1, -0.05) is 16.8 Å². The molecular formula is C19H13ClF3N5O3S. The van der Waals surface area contributed by atoms with E-state index in [2.05, 4.69) is 24.0 Å². The number of carbonyl (C=O) groups is 1. The molecule has 3 aromatic heterocycles. The van der Waals surface area contributed by atoms with Crippen molar-refractivity contribution >= 4 is 32.9 Å². The molecule has 4 aromatic rings. The first-order chi connectivity index (χ1) is 15.0. The van der Waals surface area contributed by atoms with Crippen LogP contribution in [0.5, 0.6) is 0 Å². The summed E-state index contributed by atoms with van der Waals surface area (Å²) in [5, 5.41) is 3.81. The van der Waals surface area contributed by atoms with Crippen molar-refractivity contribution in [3.05, 3.63) is 65.4 Å². The second kappa shape index (κ2) is 8.02. The Morgan fingerprint density at radius 3 is 2.53 bits per heavy atom. The Morgan fingerprint density at radius 2 is 1.88 bits per heavy atom. The van der Waals surface area contributed by atoms with E-state index in [9.17, 15) is 22.2 Å². The molecule has 0 bridgehead atoms. The Labute approximate surface area is 184 Å². The summed E-state index contributed by atoms with van der Waals surface area (Å²) >= 11 is 5.82. The van der Waals surface area contributed by atoms with Gasteiger partial charge in [-0.25, -0.2) is 9.19 Å². The zero-order valence-corrected chi connectivity index (χ0v) is 17.8. The van der Waals surface area contributed by atoms with E-state index in [1.807, 2.05) is 0 Å². The van der Waals surface area contributed by atoms with Gasteiger partial charge in [0.2, 0.25) is 5.82 Å². The van der Waals surface area contributed by atoms with Crippen molar-refractivity contribution in [3.8, 4) is 11.4 Å². The lowest BCUT2D eigenvalue weighted by molar-refractivity contribution is -0.159. The molecule has 1 aromatic carbocycles. The van der Waals surface area contributed by atoms with Crippen molar-refractivity contribution in [2.75, 3.05) is 6.26 Å². The molecule has 0 radical (unpaired) electrons. The average Bonchev–Trinajstić information content (AvgIpc) is 3.33. The fourth-order valence-electron chi connectivity index (χ4n) is 2.84. The standard InChI is InChI=1S/C19H13ClF3N5O3S/c1-32(30,14-5-3-12(20)4-6-14)27-16(29)8-13-10-28-9-11(2-7-15(28)24-13)17-25-18(31-26-17)19(21,22)23/h2-7,9-10H,8H2,1H3. The third kappa shape index (κ3) is 4.65. The van der Waals surface area contributed by atoms with Crippen molar-refractivity contribution in [1.82, 2.24) is 19.5 Å². The van der Waals surface area contributed by atoms with Gasteiger partial charge in [-0.15, -0.1) is 0 Å². The summed E-state index contributed by atoms with van der Waals surface area (Å²) in [6.45, 7) is 0. The number of nitrogens with zero attached hydrogens (tertiary/aromatic N) is 5. The van der Waals surface area contributed by atoms with E-state index in [1.54, 1.807) is 12.1 Å². The molecule has 0 saturated heterocycles. The smallest absolute Gasteiger partial charge is 0.329 e. The summed E-state index contributed by atoms with van der Waals surface area (Å²) in [4.78, 5) is 20.4. The van der Waals surface area contributed by atoms with Gasteiger partial charge in [-0.3, -0.25) is 4.79 Å². The van der Waals surface area contributed by atoms with Gasteiger partial charge in [0, 0.05) is 34.1 Å². The Balaban J connectivity index is 1.56. The van der Waals surface area contributed by atoms with E-state index in [4.69, 9.17) is 11.6 Å². The van der Waals surface area contributed by atoms with Gasteiger partial charge in [0.15, 0.2) is 0 Å². The van der Waals surface area contributed by atoms with Gasteiger partial charge in [0.1, 0.15) is 5.65 Å². The van der Waals surface area contributed by atoms with E-state index < -0.39 is 27.7 Å². The highest BCUT2D eigenvalue weighted by atomic mass is 35.5. The van der Waals surface area contributed by atoms with Gasteiger partial charge >= 0.3 is 12.1 Å². The minimum atomic E-state index is -4.74. The first-order valence-corrected chi connectivity index (χ1v) is 11.2. The normalized spacial score (nSPS) is 13.8. The van der Waals surface area contributed by atoms with Crippen LogP contribution in [-0.2, 0) is 27.1 Å². The molecular weight excluding hydrogens is 471 g/mol. The Kier molecular flexibility index (Phi) is 5.51. The van der Waals surface area contributed by atoms with Gasteiger partial charge in [0.05, 0.1) is 21.8 Å². The second-order valence-corrected chi connectivity index (χ2v) is 9.45. The predicted octanol–water partition coefficient (Wildman–Crippen LogP) is 4.28. The maximum Gasteiger partial charge on any atom is 0.471 e. The molecule has 3 heterocycles. The van der Waals surface area contributed by atoms with Crippen LogP contribution < -0.4 is 0 Å². The zero-order chi connectivity index (χ0) is 23.1. The van der Waals surface area contributed by atoms with Crippen molar-refractivity contribution in [2.45, 2.75) is 17.5 Å². The molecule has 0 fully saturated rings. The van der Waals surface area contributed by atoms with Crippen molar-refractivity contribution in [2.24, 2.45) is 4.36 Å². The van der Waals surface area contributed by atoms with Crippen molar-refractivity contribution in [3.63, 3.8) is 0 Å². The Morgan fingerprint density at radius 1 is 1.16 bits per heavy atom. The molecule has 32 heavy (non-hydrogen) atoms. The number of benzene rings is 1. The van der Waals surface area contributed by atoms with E-state index in [0.717, 1.165) is 0 Å². The van der Waals surface area contributed by atoms with Gasteiger partial charge in [-0.05, 0) is 36.4 Å². The van der Waals surface area contributed by atoms with Crippen LogP contribution in [0.4, 0.5) is 13.2 Å². The highest BCUT2D eigenvalue weighted by Gasteiger charge is 2.38. The number of hydrogen-bond acceptors (Lipinski definition) is 6. The topological polar surface area (TPSA) is 103 Å². The molecule has 166 valence electrons. The molecule has 0 saturated carbocycles. The van der Waals surface area contributed by atoms with Crippen LogP contribution >= 0.6 is 11.6 Å². The summed E-state index contributed by atoms with van der Waals surface area (Å²) in [5.41, 5.74) is 1.04. The number of pyridine rings is 1. The number of alkyl halides is 3. The second-order valence-electron chi connectivity index (χ2n) is 6.75. The number of halogens is 4. The highest BCUT2D eigenvalue weighted by Crippen LogP contribution is 2.29. The number of carbonyl (C=O) groups excluding carboxylic acids is 1. The number of fused-ring (bicyclic) bond motifs is 1. The van der Waals surface area contributed by atoms with Crippen LogP contribution in [0.1, 0.15) is 11.6 Å². The quantitative estimate of drug-likeness (QED) is 0.429. The fourth-order valence-corrected chi connectivity index (χ4v) is 4.16. The Hall–Kier alpha value is -3.25. The third-order valence-corrected chi connectivity index (χ3v) is 6.24. The van der Waals surface area contributed by atoms with Crippen molar-refractivity contribution in [1.29, 1.82) is 0 Å². The number of hydrogen-bond donors (Lipinski definition) is 0. The van der Waals surface area contributed by atoms with Crippen LogP contribution in [0, 0.1) is 0 Å². The molecule has 0 N–H and O–H groups in total. The first kappa shape index (κ1) is 22.0. The van der Waals surface area contributed by atoms with Crippen LogP contribution in [0.25, 0.3) is 17.0 Å². The van der Waals surface area contributed by atoms with Crippen LogP contribution in [0.2, 0.25) is 5.02 Å². The average molecular weight is 484 g/mol. The van der Waals surface area contributed by atoms with Crippen molar-refractivity contribution < 1.29 is 26.7 Å². The molecule has 1 amide bonds. The molecule has 0 spiro atoms.